The molecular weight excluding hydrogens is 317 g/mol. The molecule has 0 fully saturated rings. The minimum Gasteiger partial charge on any atom is -0.318 e. The summed E-state index contributed by atoms with van der Waals surface area (Å²) in [5, 5.41) is 0.792. The minimum atomic E-state index is -4.27. The second-order valence-corrected chi connectivity index (χ2v) is 6.88. The Balaban J connectivity index is 2.17. The fraction of sp³-hybridized carbons (Fsp3) is 0.357. The molecule has 1 atom stereocenters. The zero-order valence-electron chi connectivity index (χ0n) is 11.6. The highest BCUT2D eigenvalue weighted by Crippen LogP contribution is 2.37. The van der Waals surface area contributed by atoms with E-state index in [0.29, 0.717) is 0 Å². The third-order valence-corrected chi connectivity index (χ3v) is 4.82. The number of thiazole rings is 1. The average Bonchev–Trinajstić information content (AvgIpc) is 2.78. The number of rotatable bonds is 4. The molecule has 7 heteroatoms. The Kier molecular flexibility index (Phi) is 4.95. The van der Waals surface area contributed by atoms with Crippen LogP contribution in [-0.2, 0) is 6.42 Å². The van der Waals surface area contributed by atoms with Crippen molar-refractivity contribution in [3.8, 4) is 0 Å². The maximum Gasteiger partial charge on any atom is 0.446 e. The summed E-state index contributed by atoms with van der Waals surface area (Å²) in [5.74, 6) is 0. The van der Waals surface area contributed by atoms with Gasteiger partial charge in [0.25, 0.3) is 0 Å². The van der Waals surface area contributed by atoms with Crippen LogP contribution in [0.25, 0.3) is 0 Å². The highest BCUT2D eigenvalue weighted by molar-refractivity contribution is 8.00. The van der Waals surface area contributed by atoms with E-state index in [1.807, 2.05) is 13.8 Å². The van der Waals surface area contributed by atoms with Crippen molar-refractivity contribution >= 4 is 23.1 Å². The van der Waals surface area contributed by atoms with E-state index in [1.54, 1.807) is 12.1 Å². The molecule has 0 aliphatic heterocycles. The number of nitrogens with two attached hydrogens (primary N) is 1. The molecule has 2 N–H and O–H groups in total. The highest BCUT2D eigenvalue weighted by Gasteiger charge is 2.29. The van der Waals surface area contributed by atoms with Crippen LogP contribution in [0.5, 0.6) is 0 Å². The van der Waals surface area contributed by atoms with E-state index in [4.69, 9.17) is 5.73 Å². The van der Waals surface area contributed by atoms with E-state index in [-0.39, 0.29) is 16.7 Å². The van der Waals surface area contributed by atoms with Crippen molar-refractivity contribution in [2.75, 3.05) is 0 Å². The molecule has 2 nitrogen and oxygen atoms in total. The lowest BCUT2D eigenvalue weighted by molar-refractivity contribution is -0.0328. The maximum atomic E-state index is 12.3. The zero-order chi connectivity index (χ0) is 15.6. The Morgan fingerprint density at radius 3 is 2.38 bits per heavy atom. The lowest BCUT2D eigenvalue weighted by Gasteiger charge is -2.10. The average molecular weight is 332 g/mol. The Hall–Kier alpha value is -1.05. The summed E-state index contributed by atoms with van der Waals surface area (Å²) in [7, 11) is 0. The van der Waals surface area contributed by atoms with Gasteiger partial charge in [0.1, 0.15) is 5.01 Å². The van der Waals surface area contributed by atoms with E-state index >= 15 is 0 Å². The van der Waals surface area contributed by atoms with Gasteiger partial charge in [-0.05, 0) is 42.8 Å². The number of hydrogen-bond acceptors (Lipinski definition) is 4. The molecule has 1 heterocycles. The molecule has 0 amide bonds. The van der Waals surface area contributed by atoms with Crippen LogP contribution in [0.1, 0.15) is 34.1 Å². The number of aryl methyl sites for hydroxylation is 2. The van der Waals surface area contributed by atoms with Gasteiger partial charge in [0.2, 0.25) is 0 Å². The van der Waals surface area contributed by atoms with Crippen LogP contribution in [-0.4, -0.2) is 10.5 Å². The van der Waals surface area contributed by atoms with Crippen molar-refractivity contribution in [3.63, 3.8) is 0 Å². The van der Waals surface area contributed by atoms with Crippen molar-refractivity contribution in [2.45, 2.75) is 36.7 Å². The summed E-state index contributed by atoms with van der Waals surface area (Å²) in [6.45, 7) is 4.02. The van der Waals surface area contributed by atoms with Gasteiger partial charge in [-0.15, -0.1) is 11.3 Å². The van der Waals surface area contributed by atoms with E-state index in [1.165, 1.54) is 23.5 Å². The van der Waals surface area contributed by atoms with Gasteiger partial charge in [-0.3, -0.25) is 0 Å². The van der Waals surface area contributed by atoms with Crippen LogP contribution < -0.4 is 5.73 Å². The van der Waals surface area contributed by atoms with Gasteiger partial charge >= 0.3 is 5.51 Å². The van der Waals surface area contributed by atoms with Gasteiger partial charge < -0.3 is 5.73 Å². The molecular formula is C14H15F3N2S2. The van der Waals surface area contributed by atoms with Crippen molar-refractivity contribution in [3.05, 3.63) is 45.4 Å². The molecule has 21 heavy (non-hydrogen) atoms. The van der Waals surface area contributed by atoms with Crippen LogP contribution in [0.15, 0.2) is 29.2 Å². The normalized spacial score (nSPS) is 13.4. The molecule has 2 aromatic rings. The number of alkyl halides is 3. The lowest BCUT2D eigenvalue weighted by Crippen LogP contribution is -2.11. The van der Waals surface area contributed by atoms with Gasteiger partial charge in [-0.25, -0.2) is 4.98 Å². The maximum absolute atomic E-state index is 12.3. The Bertz CT molecular complexity index is 606. The summed E-state index contributed by atoms with van der Waals surface area (Å²) in [5.41, 5.74) is 3.66. The van der Waals surface area contributed by atoms with Crippen molar-refractivity contribution < 1.29 is 13.2 Å². The Morgan fingerprint density at radius 1 is 1.29 bits per heavy atom. The predicted octanol–water partition coefficient (Wildman–Crippen LogP) is 4.67. The fourth-order valence-corrected chi connectivity index (χ4v) is 3.51. The number of halogens is 3. The molecule has 1 unspecified atom stereocenters. The summed E-state index contributed by atoms with van der Waals surface area (Å²) < 4.78 is 36.8. The summed E-state index contributed by atoms with van der Waals surface area (Å²) in [4.78, 5) is 5.78. The number of benzene rings is 1. The first-order valence-electron chi connectivity index (χ1n) is 6.37. The molecule has 0 saturated carbocycles. The second kappa shape index (κ2) is 6.37. The third-order valence-electron chi connectivity index (χ3n) is 2.98. The SMILES string of the molecule is CCc1nc(C(N)c2ccc(SC(F)(F)F)cc2)sc1C. The van der Waals surface area contributed by atoms with E-state index in [9.17, 15) is 13.2 Å². The molecule has 0 aliphatic carbocycles. The Labute approximate surface area is 129 Å². The number of nitrogens with zero attached hydrogens (tertiary/aromatic N) is 1. The fourth-order valence-electron chi connectivity index (χ4n) is 1.93. The number of thioether (sulfide) groups is 1. The van der Waals surface area contributed by atoms with Crippen molar-refractivity contribution in [1.29, 1.82) is 0 Å². The smallest absolute Gasteiger partial charge is 0.318 e. The minimum absolute atomic E-state index is 0.127. The summed E-state index contributed by atoms with van der Waals surface area (Å²) >= 11 is 1.41. The molecule has 114 valence electrons. The first-order chi connectivity index (χ1) is 9.80. The molecule has 1 aromatic carbocycles. The van der Waals surface area contributed by atoms with Crippen LogP contribution in [0.3, 0.4) is 0 Å². The second-order valence-electron chi connectivity index (χ2n) is 4.50. The molecule has 0 aliphatic rings. The standard InChI is InChI=1S/C14H15F3N2S2/c1-3-11-8(2)20-13(19-11)12(18)9-4-6-10(7-5-9)21-14(15,16)17/h4-7,12H,3,18H2,1-2H3. The van der Waals surface area contributed by atoms with Gasteiger partial charge in [0, 0.05) is 9.77 Å². The van der Waals surface area contributed by atoms with E-state index in [2.05, 4.69) is 4.98 Å². The lowest BCUT2D eigenvalue weighted by atomic mass is 10.1. The summed E-state index contributed by atoms with van der Waals surface area (Å²) in [6.07, 6.45) is 0.843. The topological polar surface area (TPSA) is 38.9 Å². The van der Waals surface area contributed by atoms with Crippen LogP contribution in [0.2, 0.25) is 0 Å². The number of aromatic nitrogens is 1. The molecule has 0 saturated heterocycles. The summed E-state index contributed by atoms with van der Waals surface area (Å²) in [6, 6.07) is 5.73. The van der Waals surface area contributed by atoms with Crippen molar-refractivity contribution in [2.24, 2.45) is 5.73 Å². The van der Waals surface area contributed by atoms with Gasteiger partial charge in [0.15, 0.2) is 0 Å². The van der Waals surface area contributed by atoms with Gasteiger partial charge in [-0.1, -0.05) is 19.1 Å². The molecule has 0 spiro atoms. The van der Waals surface area contributed by atoms with E-state index in [0.717, 1.165) is 27.6 Å². The predicted molar refractivity (Wildman–Crippen MR) is 80.6 cm³/mol. The first kappa shape index (κ1) is 16.3. The molecule has 0 bridgehead atoms. The van der Waals surface area contributed by atoms with Crippen LogP contribution in [0.4, 0.5) is 13.2 Å². The highest BCUT2D eigenvalue weighted by atomic mass is 32.2. The van der Waals surface area contributed by atoms with Crippen LogP contribution in [0, 0.1) is 6.92 Å². The molecule has 1 aromatic heterocycles. The quantitative estimate of drug-likeness (QED) is 0.827. The largest absolute Gasteiger partial charge is 0.446 e. The zero-order valence-corrected chi connectivity index (χ0v) is 13.2. The number of hydrogen-bond donors (Lipinski definition) is 1. The van der Waals surface area contributed by atoms with Crippen molar-refractivity contribution in [1.82, 2.24) is 4.98 Å². The van der Waals surface area contributed by atoms with E-state index < -0.39 is 11.6 Å². The van der Waals surface area contributed by atoms with Crippen LogP contribution >= 0.6 is 23.1 Å². The molecule has 2 rings (SSSR count). The van der Waals surface area contributed by atoms with Gasteiger partial charge in [-0.2, -0.15) is 13.2 Å². The van der Waals surface area contributed by atoms with Gasteiger partial charge in [0.05, 0.1) is 11.7 Å². The monoisotopic (exact) mass is 332 g/mol. The third kappa shape index (κ3) is 4.21. The molecule has 0 radical (unpaired) electrons. The first-order valence-corrected chi connectivity index (χ1v) is 8.01. The Morgan fingerprint density at radius 2 is 1.90 bits per heavy atom.